The third kappa shape index (κ3) is 4.74. The van der Waals surface area contributed by atoms with Crippen molar-refractivity contribution in [1.82, 2.24) is 15.1 Å². The van der Waals surface area contributed by atoms with Gasteiger partial charge in [0.2, 0.25) is 0 Å². The lowest BCUT2D eigenvalue weighted by molar-refractivity contribution is 0.0921. The van der Waals surface area contributed by atoms with Crippen LogP contribution in [0.2, 0.25) is 0 Å². The van der Waals surface area contributed by atoms with E-state index in [4.69, 9.17) is 4.42 Å². The summed E-state index contributed by atoms with van der Waals surface area (Å²) in [6, 6.07) is 12.0. The second-order valence-electron chi connectivity index (χ2n) is 6.78. The van der Waals surface area contributed by atoms with Crippen LogP contribution in [-0.4, -0.2) is 48.4 Å². The van der Waals surface area contributed by atoms with Gasteiger partial charge in [0.15, 0.2) is 5.76 Å². The van der Waals surface area contributed by atoms with Gasteiger partial charge in [-0.15, -0.1) is 0 Å². The summed E-state index contributed by atoms with van der Waals surface area (Å²) in [5.74, 6) is 1.06. The van der Waals surface area contributed by atoms with E-state index in [1.54, 1.807) is 6.07 Å². The highest BCUT2D eigenvalue weighted by Crippen LogP contribution is 2.14. The third-order valence-corrected chi connectivity index (χ3v) is 5.10. The molecule has 0 bridgehead atoms. The van der Waals surface area contributed by atoms with Crippen molar-refractivity contribution in [3.63, 3.8) is 0 Å². The van der Waals surface area contributed by atoms with Crippen molar-refractivity contribution in [2.24, 2.45) is 0 Å². The number of benzene rings is 1. The predicted molar refractivity (Wildman–Crippen MR) is 103 cm³/mol. The quantitative estimate of drug-likeness (QED) is 0.830. The predicted octanol–water partition coefficient (Wildman–Crippen LogP) is 2.91. The van der Waals surface area contributed by atoms with Crippen molar-refractivity contribution in [1.29, 1.82) is 0 Å². The van der Waals surface area contributed by atoms with Gasteiger partial charge >= 0.3 is 0 Å². The molecule has 0 radical (unpaired) electrons. The number of nitrogens with zero attached hydrogens (tertiary/aromatic N) is 2. The lowest BCUT2D eigenvalue weighted by Crippen LogP contribution is -2.45. The molecule has 1 aliphatic heterocycles. The minimum Gasteiger partial charge on any atom is -0.456 e. The molecule has 0 aliphatic carbocycles. The Labute approximate surface area is 156 Å². The molecule has 1 aromatic carbocycles. The van der Waals surface area contributed by atoms with Crippen LogP contribution in [0.15, 0.2) is 40.8 Å². The Bertz CT molecular complexity index is 718. The number of aryl methyl sites for hydroxylation is 1. The Kier molecular flexibility index (Phi) is 6.47. The monoisotopic (exact) mass is 355 g/mol. The van der Waals surface area contributed by atoms with Gasteiger partial charge in [0.05, 0.1) is 0 Å². The van der Waals surface area contributed by atoms with Gasteiger partial charge < -0.3 is 14.6 Å². The zero-order valence-corrected chi connectivity index (χ0v) is 15.8. The van der Waals surface area contributed by atoms with Gasteiger partial charge in [-0.2, -0.15) is 0 Å². The van der Waals surface area contributed by atoms with Gasteiger partial charge in [-0.1, -0.05) is 38.1 Å². The van der Waals surface area contributed by atoms with Crippen LogP contribution >= 0.6 is 0 Å². The standard InChI is InChI=1S/C21H29N3O2/c1-3-19-9-10-20(26-19)21(25)22-15-17-7-5-6-8-18(17)16-24-13-11-23(4-2)12-14-24/h5-10H,3-4,11-16H2,1-2H3,(H,22,25). The first-order valence-electron chi connectivity index (χ1n) is 9.58. The molecule has 1 amide bonds. The first-order valence-corrected chi connectivity index (χ1v) is 9.58. The summed E-state index contributed by atoms with van der Waals surface area (Å²) in [6.07, 6.45) is 0.793. The fourth-order valence-electron chi connectivity index (χ4n) is 3.34. The minimum absolute atomic E-state index is 0.156. The maximum absolute atomic E-state index is 12.3. The Hall–Kier alpha value is -2.11. The Balaban J connectivity index is 1.57. The van der Waals surface area contributed by atoms with Crippen molar-refractivity contribution in [2.75, 3.05) is 32.7 Å². The van der Waals surface area contributed by atoms with Gasteiger partial charge in [0.25, 0.3) is 5.91 Å². The second kappa shape index (κ2) is 9.01. The maximum Gasteiger partial charge on any atom is 0.287 e. The fraction of sp³-hybridized carbons (Fsp3) is 0.476. The molecule has 26 heavy (non-hydrogen) atoms. The number of carbonyl (C=O) groups is 1. The van der Waals surface area contributed by atoms with Crippen molar-refractivity contribution >= 4 is 5.91 Å². The van der Waals surface area contributed by atoms with E-state index < -0.39 is 0 Å². The molecule has 140 valence electrons. The van der Waals surface area contributed by atoms with E-state index in [1.807, 2.05) is 19.1 Å². The number of carbonyl (C=O) groups excluding carboxylic acids is 1. The first-order chi connectivity index (χ1) is 12.7. The summed E-state index contributed by atoms with van der Waals surface area (Å²) < 4.78 is 5.53. The zero-order chi connectivity index (χ0) is 18.4. The average molecular weight is 355 g/mol. The molecule has 1 aromatic heterocycles. The number of rotatable bonds is 7. The molecular weight excluding hydrogens is 326 g/mol. The molecular formula is C21H29N3O2. The van der Waals surface area contributed by atoms with E-state index in [2.05, 4.69) is 40.2 Å². The number of amides is 1. The van der Waals surface area contributed by atoms with Crippen molar-refractivity contribution < 1.29 is 9.21 Å². The Morgan fingerprint density at radius 3 is 2.35 bits per heavy atom. The summed E-state index contributed by atoms with van der Waals surface area (Å²) in [7, 11) is 0. The number of hydrogen-bond acceptors (Lipinski definition) is 4. The fourth-order valence-corrected chi connectivity index (χ4v) is 3.34. The molecule has 5 nitrogen and oxygen atoms in total. The van der Waals surface area contributed by atoms with E-state index in [1.165, 1.54) is 11.1 Å². The van der Waals surface area contributed by atoms with Crippen molar-refractivity contribution in [3.8, 4) is 0 Å². The van der Waals surface area contributed by atoms with Crippen LogP contribution in [0, 0.1) is 0 Å². The lowest BCUT2D eigenvalue weighted by atomic mass is 10.1. The topological polar surface area (TPSA) is 48.7 Å². The molecule has 0 spiro atoms. The van der Waals surface area contributed by atoms with E-state index in [0.29, 0.717) is 12.3 Å². The highest BCUT2D eigenvalue weighted by Gasteiger charge is 2.17. The lowest BCUT2D eigenvalue weighted by Gasteiger charge is -2.34. The van der Waals surface area contributed by atoms with Crippen LogP contribution < -0.4 is 5.32 Å². The minimum atomic E-state index is -0.156. The normalized spacial score (nSPS) is 15.9. The van der Waals surface area contributed by atoms with Gasteiger partial charge in [-0.3, -0.25) is 9.69 Å². The summed E-state index contributed by atoms with van der Waals surface area (Å²) in [6.45, 7) is 11.3. The number of furan rings is 1. The van der Waals surface area contributed by atoms with Gasteiger partial charge in [-0.05, 0) is 29.8 Å². The molecule has 1 N–H and O–H groups in total. The molecule has 1 aliphatic rings. The highest BCUT2D eigenvalue weighted by molar-refractivity contribution is 5.91. The van der Waals surface area contributed by atoms with Crippen molar-refractivity contribution in [3.05, 3.63) is 59.0 Å². The van der Waals surface area contributed by atoms with E-state index >= 15 is 0 Å². The number of hydrogen-bond donors (Lipinski definition) is 1. The van der Waals surface area contributed by atoms with Crippen LogP contribution in [0.5, 0.6) is 0 Å². The van der Waals surface area contributed by atoms with Crippen LogP contribution in [-0.2, 0) is 19.5 Å². The van der Waals surface area contributed by atoms with Gasteiger partial charge in [-0.25, -0.2) is 0 Å². The molecule has 2 heterocycles. The van der Waals surface area contributed by atoms with Crippen LogP contribution in [0.25, 0.3) is 0 Å². The van der Waals surface area contributed by atoms with E-state index in [-0.39, 0.29) is 5.91 Å². The van der Waals surface area contributed by atoms with E-state index in [0.717, 1.165) is 51.4 Å². The molecule has 0 unspecified atom stereocenters. The largest absolute Gasteiger partial charge is 0.456 e. The molecule has 1 fully saturated rings. The number of likely N-dealkylation sites (N-methyl/N-ethyl adjacent to an activating group) is 1. The van der Waals surface area contributed by atoms with E-state index in [9.17, 15) is 4.79 Å². The maximum atomic E-state index is 12.3. The smallest absolute Gasteiger partial charge is 0.287 e. The molecule has 3 rings (SSSR count). The summed E-state index contributed by atoms with van der Waals surface area (Å²) >= 11 is 0. The molecule has 1 saturated heterocycles. The second-order valence-corrected chi connectivity index (χ2v) is 6.78. The van der Waals surface area contributed by atoms with Crippen molar-refractivity contribution in [2.45, 2.75) is 33.4 Å². The summed E-state index contributed by atoms with van der Waals surface area (Å²) in [4.78, 5) is 17.3. The Morgan fingerprint density at radius 1 is 1.00 bits per heavy atom. The first kappa shape index (κ1) is 18.7. The number of nitrogens with one attached hydrogen (secondary N) is 1. The molecule has 0 atom stereocenters. The van der Waals surface area contributed by atoms with Crippen LogP contribution in [0.3, 0.4) is 0 Å². The van der Waals surface area contributed by atoms with Gasteiger partial charge in [0, 0.05) is 45.7 Å². The number of piperazine rings is 1. The molecule has 2 aromatic rings. The SMILES string of the molecule is CCc1ccc(C(=O)NCc2ccccc2CN2CCN(CC)CC2)o1. The van der Waals surface area contributed by atoms with Gasteiger partial charge in [0.1, 0.15) is 5.76 Å². The van der Waals surface area contributed by atoms with Crippen LogP contribution in [0.4, 0.5) is 0 Å². The zero-order valence-electron chi connectivity index (χ0n) is 15.8. The third-order valence-electron chi connectivity index (χ3n) is 5.10. The Morgan fingerprint density at radius 2 is 1.69 bits per heavy atom. The summed E-state index contributed by atoms with van der Waals surface area (Å²) in [5, 5.41) is 2.99. The summed E-state index contributed by atoms with van der Waals surface area (Å²) in [5.41, 5.74) is 2.45. The molecule has 0 saturated carbocycles. The molecule has 5 heteroatoms. The van der Waals surface area contributed by atoms with Crippen LogP contribution in [0.1, 0.15) is 41.3 Å². The highest BCUT2D eigenvalue weighted by atomic mass is 16.3. The average Bonchev–Trinajstić information content (AvgIpc) is 3.17.